The summed E-state index contributed by atoms with van der Waals surface area (Å²) in [6, 6.07) is 0. The first-order chi connectivity index (χ1) is 12.1. The lowest BCUT2D eigenvalue weighted by Crippen LogP contribution is -2.36. The molecule has 152 valence electrons. The number of alkyl carbamates (subject to hydrolysis) is 1. The highest BCUT2D eigenvalue weighted by molar-refractivity contribution is 5.68. The van der Waals surface area contributed by atoms with Crippen LogP contribution in [0.15, 0.2) is 0 Å². The lowest BCUT2D eigenvalue weighted by Gasteiger charge is -2.28. The van der Waals surface area contributed by atoms with Crippen molar-refractivity contribution in [2.75, 3.05) is 33.2 Å². The number of hydrogen-bond donors (Lipinski definition) is 2. The van der Waals surface area contributed by atoms with Crippen LogP contribution < -0.4 is 5.32 Å². The predicted octanol–water partition coefficient (Wildman–Crippen LogP) is 0.754. The quantitative estimate of drug-likeness (QED) is 0.338. The summed E-state index contributed by atoms with van der Waals surface area (Å²) in [7, 11) is 0. The predicted molar refractivity (Wildman–Crippen MR) is 89.9 cm³/mol. The summed E-state index contributed by atoms with van der Waals surface area (Å²) in [6.07, 6.45) is -0.0295. The molecule has 0 fully saturated rings. The van der Waals surface area contributed by atoms with Crippen LogP contribution in [0.25, 0.3) is 0 Å². The van der Waals surface area contributed by atoms with Gasteiger partial charge in [0.2, 0.25) is 0 Å². The maximum absolute atomic E-state index is 10.6. The van der Waals surface area contributed by atoms with Gasteiger partial charge >= 0.3 is 24.0 Å². The molecule has 0 aliphatic heterocycles. The number of nitrogens with one attached hydrogen (secondary N) is 1. The van der Waals surface area contributed by atoms with Crippen LogP contribution in [-0.2, 0) is 33.3 Å². The van der Waals surface area contributed by atoms with Crippen LogP contribution in [0.2, 0.25) is 0 Å². The molecule has 0 atom stereocenters. The second kappa shape index (κ2) is 14.9. The Balaban J connectivity index is 0. The Hall–Kier alpha value is -2.36. The standard InChI is InChI=1S/C10H18O5.C6H11NO4/c1-4-10(5-11,6-14-8(2)12)7-15-9(3)13;1-3-10-6(9)7-4-11-5(2)8/h11H,4-7H2,1-3H3;3-4H2,1-2H3,(H,7,9). The molecule has 0 rings (SSSR count). The number of carbonyl (C=O) groups excluding carboxylic acids is 4. The van der Waals surface area contributed by atoms with Crippen LogP contribution in [0.3, 0.4) is 0 Å². The lowest BCUT2D eigenvalue weighted by atomic mass is 9.88. The SMILES string of the molecule is CCC(CO)(COC(C)=O)COC(C)=O.CCOC(=O)NCOC(C)=O. The van der Waals surface area contributed by atoms with E-state index in [9.17, 15) is 24.3 Å². The van der Waals surface area contributed by atoms with Gasteiger partial charge in [0.05, 0.1) is 18.6 Å². The molecule has 0 saturated carbocycles. The van der Waals surface area contributed by atoms with E-state index in [1.54, 1.807) is 6.92 Å². The van der Waals surface area contributed by atoms with Crippen LogP contribution in [0, 0.1) is 5.41 Å². The van der Waals surface area contributed by atoms with Gasteiger partial charge in [0, 0.05) is 20.8 Å². The van der Waals surface area contributed by atoms with E-state index in [2.05, 4.69) is 14.8 Å². The topological polar surface area (TPSA) is 137 Å². The van der Waals surface area contributed by atoms with E-state index in [0.717, 1.165) is 0 Å². The molecule has 2 N–H and O–H groups in total. The van der Waals surface area contributed by atoms with Gasteiger partial charge < -0.3 is 24.1 Å². The third kappa shape index (κ3) is 15.2. The zero-order valence-corrected chi connectivity index (χ0v) is 16.0. The van der Waals surface area contributed by atoms with Crippen molar-refractivity contribution in [1.82, 2.24) is 5.32 Å². The van der Waals surface area contributed by atoms with Gasteiger partial charge in [-0.25, -0.2) is 4.79 Å². The fraction of sp³-hybridized carbons (Fsp3) is 0.750. The van der Waals surface area contributed by atoms with Gasteiger partial charge in [0.15, 0.2) is 6.73 Å². The zero-order chi connectivity index (χ0) is 20.6. The van der Waals surface area contributed by atoms with Crippen molar-refractivity contribution in [1.29, 1.82) is 0 Å². The van der Waals surface area contributed by atoms with Crippen molar-refractivity contribution in [3.05, 3.63) is 0 Å². The second-order valence-electron chi connectivity index (χ2n) is 5.25. The minimum absolute atomic E-state index is 0.0581. The molecular weight excluding hydrogens is 350 g/mol. The first-order valence-electron chi connectivity index (χ1n) is 8.04. The summed E-state index contributed by atoms with van der Waals surface area (Å²) < 4.78 is 18.6. The third-order valence-electron chi connectivity index (χ3n) is 3.02. The minimum Gasteiger partial charge on any atom is -0.465 e. The molecule has 0 radical (unpaired) electrons. The van der Waals surface area contributed by atoms with Gasteiger partial charge in [-0.3, -0.25) is 19.7 Å². The molecule has 0 aliphatic carbocycles. The molecule has 0 unspecified atom stereocenters. The molecule has 0 aromatic rings. The van der Waals surface area contributed by atoms with Crippen LogP contribution in [0.5, 0.6) is 0 Å². The van der Waals surface area contributed by atoms with Crippen LogP contribution in [0.1, 0.15) is 41.0 Å². The highest BCUT2D eigenvalue weighted by atomic mass is 16.6. The summed E-state index contributed by atoms with van der Waals surface area (Å²) in [6.45, 7) is 7.45. The molecule has 0 saturated heterocycles. The first-order valence-corrected chi connectivity index (χ1v) is 8.04. The number of rotatable bonds is 9. The number of aliphatic hydroxyl groups is 1. The largest absolute Gasteiger partial charge is 0.465 e. The van der Waals surface area contributed by atoms with Gasteiger partial charge in [-0.15, -0.1) is 0 Å². The van der Waals surface area contributed by atoms with E-state index < -0.39 is 29.4 Å². The normalized spacial score (nSPS) is 9.92. The molecule has 0 spiro atoms. The molecule has 0 aromatic heterocycles. The molecule has 0 aromatic carbocycles. The van der Waals surface area contributed by atoms with E-state index in [1.807, 2.05) is 6.92 Å². The Bertz CT molecular complexity index is 427. The average Bonchev–Trinajstić information content (AvgIpc) is 2.56. The van der Waals surface area contributed by atoms with Crippen molar-refractivity contribution in [2.45, 2.75) is 41.0 Å². The molecule has 26 heavy (non-hydrogen) atoms. The first kappa shape index (κ1) is 25.9. The minimum atomic E-state index is -0.683. The van der Waals surface area contributed by atoms with Gasteiger partial charge in [-0.1, -0.05) is 6.92 Å². The molecule has 0 heterocycles. The van der Waals surface area contributed by atoms with Crippen molar-refractivity contribution >= 4 is 24.0 Å². The molecule has 1 amide bonds. The second-order valence-corrected chi connectivity index (χ2v) is 5.25. The summed E-state index contributed by atoms with van der Waals surface area (Å²) in [5.41, 5.74) is -0.683. The highest BCUT2D eigenvalue weighted by Gasteiger charge is 2.30. The third-order valence-corrected chi connectivity index (χ3v) is 3.02. The van der Waals surface area contributed by atoms with Crippen LogP contribution >= 0.6 is 0 Å². The monoisotopic (exact) mass is 379 g/mol. The van der Waals surface area contributed by atoms with Gasteiger partial charge in [-0.05, 0) is 13.3 Å². The van der Waals surface area contributed by atoms with E-state index in [4.69, 9.17) is 9.47 Å². The van der Waals surface area contributed by atoms with E-state index >= 15 is 0 Å². The average molecular weight is 379 g/mol. The van der Waals surface area contributed by atoms with Crippen molar-refractivity contribution in [3.8, 4) is 0 Å². The number of hydrogen-bond acceptors (Lipinski definition) is 9. The maximum atomic E-state index is 10.6. The van der Waals surface area contributed by atoms with Gasteiger partial charge in [0.25, 0.3) is 0 Å². The summed E-state index contributed by atoms with van der Waals surface area (Å²) in [5, 5.41) is 11.4. The molecule has 0 bridgehead atoms. The van der Waals surface area contributed by atoms with E-state index in [-0.39, 0.29) is 26.6 Å². The number of aliphatic hydroxyl groups excluding tert-OH is 1. The number of carbonyl (C=O) groups is 4. The molecule has 10 heteroatoms. The van der Waals surface area contributed by atoms with Crippen molar-refractivity contribution in [2.24, 2.45) is 5.41 Å². The van der Waals surface area contributed by atoms with Crippen molar-refractivity contribution in [3.63, 3.8) is 0 Å². The van der Waals surface area contributed by atoms with E-state index in [0.29, 0.717) is 13.0 Å². The van der Waals surface area contributed by atoms with Crippen LogP contribution in [-0.4, -0.2) is 62.3 Å². The molecule has 0 aliphatic rings. The van der Waals surface area contributed by atoms with Crippen molar-refractivity contribution < 1.29 is 43.2 Å². The lowest BCUT2D eigenvalue weighted by molar-refractivity contribution is -0.153. The number of esters is 3. The Morgan fingerprint density at radius 2 is 1.31 bits per heavy atom. The Morgan fingerprint density at radius 1 is 0.846 bits per heavy atom. The fourth-order valence-corrected chi connectivity index (χ4v) is 1.34. The Kier molecular flexibility index (Phi) is 14.9. The van der Waals surface area contributed by atoms with Gasteiger partial charge in [0.1, 0.15) is 13.2 Å². The number of amides is 1. The Labute approximate surface area is 153 Å². The molecular formula is C16H29NO9. The van der Waals surface area contributed by atoms with Gasteiger partial charge in [-0.2, -0.15) is 0 Å². The number of ether oxygens (including phenoxy) is 4. The summed E-state index contributed by atoms with van der Waals surface area (Å²) in [5.74, 6) is -1.27. The van der Waals surface area contributed by atoms with Crippen LogP contribution in [0.4, 0.5) is 4.79 Å². The summed E-state index contributed by atoms with van der Waals surface area (Å²) >= 11 is 0. The van der Waals surface area contributed by atoms with E-state index in [1.165, 1.54) is 20.8 Å². The zero-order valence-electron chi connectivity index (χ0n) is 16.0. The molecule has 10 nitrogen and oxygen atoms in total. The fourth-order valence-electron chi connectivity index (χ4n) is 1.34. The summed E-state index contributed by atoms with van der Waals surface area (Å²) in [4.78, 5) is 42.0. The highest BCUT2D eigenvalue weighted by Crippen LogP contribution is 2.22. The smallest absolute Gasteiger partial charge is 0.409 e. The Morgan fingerprint density at radius 3 is 1.62 bits per heavy atom. The maximum Gasteiger partial charge on any atom is 0.409 e.